The molecule has 0 bridgehead atoms. The number of nitrogens with one attached hydrogen (secondary N) is 1. The summed E-state index contributed by atoms with van der Waals surface area (Å²) < 4.78 is 18.9. The molecule has 28 heavy (non-hydrogen) atoms. The molecular weight excluding hydrogens is 357 g/mol. The number of aryl methyl sites for hydroxylation is 1. The van der Waals surface area contributed by atoms with Gasteiger partial charge in [-0.1, -0.05) is 12.1 Å². The Morgan fingerprint density at radius 3 is 2.64 bits per heavy atom. The molecule has 1 heterocycles. The van der Waals surface area contributed by atoms with Crippen LogP contribution in [0, 0.1) is 19.7 Å². The fourth-order valence-electron chi connectivity index (χ4n) is 2.69. The summed E-state index contributed by atoms with van der Waals surface area (Å²) in [4.78, 5) is 20.8. The molecule has 3 aromatic rings. The molecule has 1 amide bonds. The summed E-state index contributed by atoms with van der Waals surface area (Å²) >= 11 is 0. The lowest BCUT2D eigenvalue weighted by Crippen LogP contribution is -2.36. The normalized spacial score (nSPS) is 11.7. The Hall–Kier alpha value is -3.28. The smallest absolute Gasteiger partial charge is 0.261 e. The zero-order valence-corrected chi connectivity index (χ0v) is 16.1. The van der Waals surface area contributed by atoms with Crippen molar-refractivity contribution in [3.05, 3.63) is 77.5 Å². The second kappa shape index (κ2) is 8.61. The van der Waals surface area contributed by atoms with E-state index in [1.807, 2.05) is 32.0 Å². The number of amides is 1. The van der Waals surface area contributed by atoms with E-state index in [4.69, 9.17) is 4.74 Å². The molecule has 1 aromatic heterocycles. The molecule has 0 saturated heterocycles. The van der Waals surface area contributed by atoms with Gasteiger partial charge in [-0.3, -0.25) is 4.79 Å². The third kappa shape index (κ3) is 4.71. The Bertz CT molecular complexity index is 974. The van der Waals surface area contributed by atoms with Crippen LogP contribution in [0.4, 0.5) is 4.39 Å². The van der Waals surface area contributed by atoms with Crippen molar-refractivity contribution in [1.82, 2.24) is 15.3 Å². The van der Waals surface area contributed by atoms with Gasteiger partial charge in [-0.15, -0.1) is 0 Å². The summed E-state index contributed by atoms with van der Waals surface area (Å²) in [6, 6.07) is 13.6. The SMILES string of the molecule is Cc1cccc(OC(C)C(=O)NCc2cc(-c3ccc(F)cc3)ncn2)c1C. The first-order chi connectivity index (χ1) is 13.4. The third-order valence-corrected chi connectivity index (χ3v) is 4.54. The quantitative estimate of drug-likeness (QED) is 0.704. The van der Waals surface area contributed by atoms with E-state index in [1.165, 1.54) is 18.5 Å². The van der Waals surface area contributed by atoms with Crippen LogP contribution in [-0.4, -0.2) is 22.0 Å². The highest BCUT2D eigenvalue weighted by molar-refractivity contribution is 5.80. The zero-order chi connectivity index (χ0) is 20.1. The van der Waals surface area contributed by atoms with E-state index >= 15 is 0 Å². The predicted molar refractivity (Wildman–Crippen MR) is 105 cm³/mol. The first-order valence-electron chi connectivity index (χ1n) is 9.01. The second-order valence-electron chi connectivity index (χ2n) is 6.58. The Morgan fingerprint density at radius 2 is 1.89 bits per heavy atom. The number of halogens is 1. The van der Waals surface area contributed by atoms with Crippen molar-refractivity contribution in [3.8, 4) is 17.0 Å². The van der Waals surface area contributed by atoms with Crippen LogP contribution in [0.1, 0.15) is 23.7 Å². The number of carbonyl (C=O) groups excluding carboxylic acids is 1. The van der Waals surface area contributed by atoms with Crippen LogP contribution in [0.5, 0.6) is 5.75 Å². The molecule has 0 radical (unpaired) electrons. The fraction of sp³-hybridized carbons (Fsp3) is 0.227. The Balaban J connectivity index is 1.62. The number of benzene rings is 2. The summed E-state index contributed by atoms with van der Waals surface area (Å²) in [6.45, 7) is 5.92. The lowest BCUT2D eigenvalue weighted by Gasteiger charge is -2.17. The molecule has 0 fully saturated rings. The van der Waals surface area contributed by atoms with Crippen molar-refractivity contribution in [2.75, 3.05) is 0 Å². The summed E-state index contributed by atoms with van der Waals surface area (Å²) in [5.41, 5.74) is 4.23. The third-order valence-electron chi connectivity index (χ3n) is 4.54. The van der Waals surface area contributed by atoms with Crippen LogP contribution in [0.15, 0.2) is 54.9 Å². The summed E-state index contributed by atoms with van der Waals surface area (Å²) in [6.07, 6.45) is 0.787. The standard InChI is InChI=1S/C22H22FN3O2/c1-14-5-4-6-21(15(14)2)28-16(3)22(27)24-12-19-11-20(26-13-25-19)17-7-9-18(23)10-8-17/h4-11,13,16H,12H2,1-3H3,(H,24,27). The fourth-order valence-corrected chi connectivity index (χ4v) is 2.69. The number of hydrogen-bond acceptors (Lipinski definition) is 4. The topological polar surface area (TPSA) is 64.1 Å². The predicted octanol–water partition coefficient (Wildman–Crippen LogP) is 3.98. The zero-order valence-electron chi connectivity index (χ0n) is 16.1. The van der Waals surface area contributed by atoms with E-state index in [-0.39, 0.29) is 18.3 Å². The monoisotopic (exact) mass is 379 g/mol. The van der Waals surface area contributed by atoms with Gasteiger partial charge in [0.2, 0.25) is 0 Å². The highest BCUT2D eigenvalue weighted by Gasteiger charge is 2.16. The van der Waals surface area contributed by atoms with Crippen molar-refractivity contribution in [2.45, 2.75) is 33.4 Å². The number of aromatic nitrogens is 2. The molecule has 1 atom stereocenters. The molecule has 3 rings (SSSR count). The van der Waals surface area contributed by atoms with Gasteiger partial charge < -0.3 is 10.1 Å². The van der Waals surface area contributed by atoms with E-state index in [9.17, 15) is 9.18 Å². The Labute approximate surface area is 163 Å². The van der Waals surface area contributed by atoms with Gasteiger partial charge in [0, 0.05) is 5.56 Å². The lowest BCUT2D eigenvalue weighted by atomic mass is 10.1. The molecule has 0 spiro atoms. The average Bonchev–Trinajstić information content (AvgIpc) is 2.70. The van der Waals surface area contributed by atoms with Crippen molar-refractivity contribution >= 4 is 5.91 Å². The maximum absolute atomic E-state index is 13.1. The van der Waals surface area contributed by atoms with Gasteiger partial charge in [0.15, 0.2) is 6.10 Å². The number of nitrogens with zero attached hydrogens (tertiary/aromatic N) is 2. The molecule has 0 saturated carbocycles. The maximum atomic E-state index is 13.1. The van der Waals surface area contributed by atoms with Crippen molar-refractivity contribution < 1.29 is 13.9 Å². The summed E-state index contributed by atoms with van der Waals surface area (Å²) in [5.74, 6) is 0.161. The molecule has 2 aromatic carbocycles. The minimum atomic E-state index is -0.640. The van der Waals surface area contributed by atoms with Gasteiger partial charge in [-0.2, -0.15) is 0 Å². The van der Waals surface area contributed by atoms with Crippen molar-refractivity contribution in [1.29, 1.82) is 0 Å². The summed E-state index contributed by atoms with van der Waals surface area (Å²) in [5, 5.41) is 2.83. The van der Waals surface area contributed by atoms with Gasteiger partial charge in [-0.25, -0.2) is 14.4 Å². The van der Waals surface area contributed by atoms with Crippen LogP contribution in [0.3, 0.4) is 0 Å². The maximum Gasteiger partial charge on any atom is 0.261 e. The van der Waals surface area contributed by atoms with Gasteiger partial charge in [0.1, 0.15) is 17.9 Å². The van der Waals surface area contributed by atoms with Gasteiger partial charge in [0.25, 0.3) is 5.91 Å². The first kappa shape index (κ1) is 19.5. The molecule has 5 nitrogen and oxygen atoms in total. The first-order valence-corrected chi connectivity index (χ1v) is 9.01. The van der Waals surface area contributed by atoms with E-state index in [0.717, 1.165) is 16.7 Å². The highest BCUT2D eigenvalue weighted by atomic mass is 19.1. The number of hydrogen-bond donors (Lipinski definition) is 1. The minimum Gasteiger partial charge on any atom is -0.481 e. The highest BCUT2D eigenvalue weighted by Crippen LogP contribution is 2.22. The van der Waals surface area contributed by atoms with Crippen molar-refractivity contribution in [3.63, 3.8) is 0 Å². The lowest BCUT2D eigenvalue weighted by molar-refractivity contribution is -0.127. The van der Waals surface area contributed by atoms with Crippen LogP contribution in [-0.2, 0) is 11.3 Å². The molecular formula is C22H22FN3O2. The van der Waals surface area contributed by atoms with E-state index in [2.05, 4.69) is 15.3 Å². The summed E-state index contributed by atoms with van der Waals surface area (Å²) in [7, 11) is 0. The average molecular weight is 379 g/mol. The molecule has 1 unspecified atom stereocenters. The number of ether oxygens (including phenoxy) is 1. The van der Waals surface area contributed by atoms with Crippen LogP contribution in [0.2, 0.25) is 0 Å². The molecule has 0 aliphatic rings. The molecule has 0 aliphatic carbocycles. The van der Waals surface area contributed by atoms with E-state index in [1.54, 1.807) is 25.1 Å². The molecule has 1 N–H and O–H groups in total. The Kier molecular flexibility index (Phi) is 5.99. The minimum absolute atomic E-state index is 0.233. The largest absolute Gasteiger partial charge is 0.481 e. The molecule has 144 valence electrons. The van der Waals surface area contributed by atoms with Gasteiger partial charge in [-0.05, 0) is 68.3 Å². The Morgan fingerprint density at radius 1 is 1.14 bits per heavy atom. The second-order valence-corrected chi connectivity index (χ2v) is 6.58. The van der Waals surface area contributed by atoms with E-state index < -0.39 is 6.10 Å². The molecule has 0 aliphatic heterocycles. The van der Waals surface area contributed by atoms with Crippen molar-refractivity contribution in [2.24, 2.45) is 0 Å². The van der Waals surface area contributed by atoms with E-state index in [0.29, 0.717) is 17.1 Å². The van der Waals surface area contributed by atoms with Crippen LogP contribution >= 0.6 is 0 Å². The number of carbonyl (C=O) groups is 1. The van der Waals surface area contributed by atoms with Crippen LogP contribution in [0.25, 0.3) is 11.3 Å². The molecule has 6 heteroatoms. The van der Waals surface area contributed by atoms with Crippen LogP contribution < -0.4 is 10.1 Å². The number of rotatable bonds is 6. The van der Waals surface area contributed by atoms with Gasteiger partial charge in [0.05, 0.1) is 17.9 Å². The van der Waals surface area contributed by atoms with Gasteiger partial charge >= 0.3 is 0 Å².